The molecule has 0 saturated carbocycles. The Balaban J connectivity index is 1.73. The molecule has 0 aromatic heterocycles. The van der Waals surface area contributed by atoms with Crippen LogP contribution in [0.1, 0.15) is 17.2 Å². The van der Waals surface area contributed by atoms with Gasteiger partial charge in [-0.15, -0.1) is 0 Å². The summed E-state index contributed by atoms with van der Waals surface area (Å²) >= 11 is 5.90. The first-order valence-corrected chi connectivity index (χ1v) is 9.42. The first kappa shape index (κ1) is 16.5. The molecule has 0 N–H and O–H groups in total. The molecular formula is C17H18ClNO3S. The molecule has 23 heavy (non-hydrogen) atoms. The number of hydrogen-bond acceptors (Lipinski definition) is 3. The van der Waals surface area contributed by atoms with Gasteiger partial charge in [0, 0.05) is 18.1 Å². The summed E-state index contributed by atoms with van der Waals surface area (Å²) in [7, 11) is -3.36. The van der Waals surface area contributed by atoms with Gasteiger partial charge in [0.05, 0.1) is 18.5 Å². The maximum absolute atomic E-state index is 12.6. The van der Waals surface area contributed by atoms with E-state index < -0.39 is 10.0 Å². The maximum Gasteiger partial charge on any atom is 0.218 e. The normalized spacial score (nSPS) is 19.6. The van der Waals surface area contributed by atoms with E-state index >= 15 is 0 Å². The molecule has 6 heteroatoms. The Kier molecular flexibility index (Phi) is 5.02. The van der Waals surface area contributed by atoms with Crippen LogP contribution in [0.15, 0.2) is 54.6 Å². The molecule has 0 radical (unpaired) electrons. The Hall–Kier alpha value is -1.40. The largest absolute Gasteiger partial charge is 0.371 e. The van der Waals surface area contributed by atoms with Crippen LogP contribution in [-0.2, 0) is 20.5 Å². The van der Waals surface area contributed by atoms with Crippen LogP contribution >= 0.6 is 11.6 Å². The average Bonchev–Trinajstić information content (AvgIpc) is 2.56. The van der Waals surface area contributed by atoms with Crippen molar-refractivity contribution < 1.29 is 13.2 Å². The van der Waals surface area contributed by atoms with Crippen molar-refractivity contribution in [3.05, 3.63) is 70.7 Å². The van der Waals surface area contributed by atoms with Crippen molar-refractivity contribution in [3.63, 3.8) is 0 Å². The predicted molar refractivity (Wildman–Crippen MR) is 90.8 cm³/mol. The zero-order valence-corrected chi connectivity index (χ0v) is 14.1. The third-order valence-electron chi connectivity index (χ3n) is 3.86. The van der Waals surface area contributed by atoms with Crippen LogP contribution in [-0.4, -0.2) is 32.4 Å². The van der Waals surface area contributed by atoms with E-state index in [-0.39, 0.29) is 11.9 Å². The van der Waals surface area contributed by atoms with Gasteiger partial charge in [-0.25, -0.2) is 8.42 Å². The highest BCUT2D eigenvalue weighted by Crippen LogP contribution is 2.26. The minimum Gasteiger partial charge on any atom is -0.371 e. The van der Waals surface area contributed by atoms with Crippen LogP contribution < -0.4 is 0 Å². The van der Waals surface area contributed by atoms with Crippen molar-refractivity contribution >= 4 is 21.6 Å². The first-order valence-electron chi connectivity index (χ1n) is 7.43. The fourth-order valence-electron chi connectivity index (χ4n) is 2.63. The molecule has 1 unspecified atom stereocenters. The van der Waals surface area contributed by atoms with Crippen molar-refractivity contribution in [3.8, 4) is 0 Å². The van der Waals surface area contributed by atoms with Gasteiger partial charge in [-0.1, -0.05) is 54.1 Å². The number of nitrogens with zero attached hydrogens (tertiary/aromatic N) is 1. The summed E-state index contributed by atoms with van der Waals surface area (Å²) < 4.78 is 32.5. The number of ether oxygens (including phenoxy) is 1. The van der Waals surface area contributed by atoms with Gasteiger partial charge in [-0.05, 0) is 23.3 Å². The summed E-state index contributed by atoms with van der Waals surface area (Å²) in [5.74, 6) is 0.0151. The summed E-state index contributed by atoms with van der Waals surface area (Å²) in [5, 5.41) is 0.651. The van der Waals surface area contributed by atoms with Crippen molar-refractivity contribution in [1.82, 2.24) is 4.31 Å². The van der Waals surface area contributed by atoms with E-state index in [0.29, 0.717) is 24.7 Å². The van der Waals surface area contributed by atoms with E-state index in [4.69, 9.17) is 16.3 Å². The van der Waals surface area contributed by atoms with E-state index in [1.807, 2.05) is 42.5 Å². The summed E-state index contributed by atoms with van der Waals surface area (Å²) in [6.07, 6.45) is -0.258. The third kappa shape index (κ3) is 4.12. The second-order valence-corrected chi connectivity index (χ2v) is 7.92. The highest BCUT2D eigenvalue weighted by Gasteiger charge is 2.30. The lowest BCUT2D eigenvalue weighted by Gasteiger charge is -2.32. The lowest BCUT2D eigenvalue weighted by atomic mass is 10.1. The fraction of sp³-hybridized carbons (Fsp3) is 0.294. The van der Waals surface area contributed by atoms with E-state index in [1.165, 1.54) is 4.31 Å². The first-order chi connectivity index (χ1) is 11.0. The van der Waals surface area contributed by atoms with Crippen LogP contribution in [0.4, 0.5) is 0 Å². The molecule has 1 saturated heterocycles. The SMILES string of the molecule is O=S(=O)(Cc1ccccc1)N1CCOC(c2ccc(Cl)cc2)C1. The quantitative estimate of drug-likeness (QED) is 0.849. The molecule has 0 spiro atoms. The molecule has 2 aromatic carbocycles. The highest BCUT2D eigenvalue weighted by molar-refractivity contribution is 7.88. The van der Waals surface area contributed by atoms with Crippen molar-refractivity contribution in [2.45, 2.75) is 11.9 Å². The topological polar surface area (TPSA) is 46.6 Å². The van der Waals surface area contributed by atoms with Gasteiger partial charge < -0.3 is 4.74 Å². The maximum atomic E-state index is 12.6. The Bertz CT molecular complexity index is 747. The molecule has 0 amide bonds. The monoisotopic (exact) mass is 351 g/mol. The Morgan fingerprint density at radius 1 is 1.09 bits per heavy atom. The van der Waals surface area contributed by atoms with Gasteiger partial charge in [0.1, 0.15) is 0 Å². The number of hydrogen-bond donors (Lipinski definition) is 0. The predicted octanol–water partition coefficient (Wildman–Crippen LogP) is 3.24. The molecule has 4 nitrogen and oxygen atoms in total. The molecule has 1 atom stereocenters. The van der Waals surface area contributed by atoms with E-state index in [0.717, 1.165) is 11.1 Å². The van der Waals surface area contributed by atoms with Gasteiger partial charge in [0.2, 0.25) is 10.0 Å². The molecule has 1 aliphatic rings. The molecule has 0 bridgehead atoms. The number of sulfonamides is 1. The van der Waals surface area contributed by atoms with Gasteiger partial charge >= 0.3 is 0 Å². The molecule has 1 heterocycles. The standard InChI is InChI=1S/C17H18ClNO3S/c18-16-8-6-15(7-9-16)17-12-19(10-11-22-17)23(20,21)13-14-4-2-1-3-5-14/h1-9,17H,10-13H2. The van der Waals surface area contributed by atoms with Crippen LogP contribution in [0.2, 0.25) is 5.02 Å². The van der Waals surface area contributed by atoms with Crippen LogP contribution in [0, 0.1) is 0 Å². The van der Waals surface area contributed by atoms with Crippen LogP contribution in [0.25, 0.3) is 0 Å². The number of halogens is 1. The number of benzene rings is 2. The minimum absolute atomic E-state index is 0.0151. The second-order valence-electron chi connectivity index (χ2n) is 5.51. The van der Waals surface area contributed by atoms with E-state index in [9.17, 15) is 8.42 Å². The van der Waals surface area contributed by atoms with Gasteiger partial charge in [0.25, 0.3) is 0 Å². The molecule has 3 rings (SSSR count). The molecule has 122 valence electrons. The molecule has 1 aliphatic heterocycles. The molecule has 0 aliphatic carbocycles. The number of rotatable bonds is 4. The minimum atomic E-state index is -3.36. The summed E-state index contributed by atoms with van der Waals surface area (Å²) in [6, 6.07) is 16.6. The van der Waals surface area contributed by atoms with E-state index in [1.54, 1.807) is 12.1 Å². The third-order valence-corrected chi connectivity index (χ3v) is 5.92. The average molecular weight is 352 g/mol. The zero-order valence-electron chi connectivity index (χ0n) is 12.6. The van der Waals surface area contributed by atoms with Crippen LogP contribution in [0.3, 0.4) is 0 Å². The smallest absolute Gasteiger partial charge is 0.218 e. The zero-order chi connectivity index (χ0) is 16.3. The van der Waals surface area contributed by atoms with Gasteiger partial charge in [0.15, 0.2) is 0 Å². The second kappa shape index (κ2) is 7.01. The Morgan fingerprint density at radius 2 is 1.78 bits per heavy atom. The summed E-state index contributed by atoms with van der Waals surface area (Å²) in [5.41, 5.74) is 1.73. The lowest BCUT2D eigenvalue weighted by Crippen LogP contribution is -2.42. The Labute approximate surface area is 141 Å². The Morgan fingerprint density at radius 3 is 2.48 bits per heavy atom. The van der Waals surface area contributed by atoms with Crippen LogP contribution in [0.5, 0.6) is 0 Å². The highest BCUT2D eigenvalue weighted by atomic mass is 35.5. The van der Waals surface area contributed by atoms with Crippen molar-refractivity contribution in [2.24, 2.45) is 0 Å². The number of morpholine rings is 1. The van der Waals surface area contributed by atoms with Gasteiger partial charge in [-0.2, -0.15) is 4.31 Å². The molecular weight excluding hydrogens is 334 g/mol. The fourth-order valence-corrected chi connectivity index (χ4v) is 4.27. The summed E-state index contributed by atoms with van der Waals surface area (Å²) in [6.45, 7) is 1.11. The molecule has 2 aromatic rings. The van der Waals surface area contributed by atoms with Gasteiger partial charge in [-0.3, -0.25) is 0 Å². The lowest BCUT2D eigenvalue weighted by molar-refractivity contribution is -0.00260. The van der Waals surface area contributed by atoms with Crippen molar-refractivity contribution in [2.75, 3.05) is 19.7 Å². The van der Waals surface area contributed by atoms with E-state index in [2.05, 4.69) is 0 Å². The van der Waals surface area contributed by atoms with Crippen molar-refractivity contribution in [1.29, 1.82) is 0 Å². The molecule has 1 fully saturated rings. The summed E-state index contributed by atoms with van der Waals surface area (Å²) in [4.78, 5) is 0.